The number of hydrogen-bond donors (Lipinski definition) is 1. The van der Waals surface area contributed by atoms with E-state index in [1.807, 2.05) is 10.9 Å². The van der Waals surface area contributed by atoms with Crippen molar-refractivity contribution in [1.29, 1.82) is 0 Å². The minimum Gasteiger partial charge on any atom is -0.481 e. The number of aliphatic carboxylic acids is 1. The molecule has 1 aliphatic heterocycles. The van der Waals surface area contributed by atoms with E-state index in [2.05, 4.69) is 5.10 Å². The molecule has 0 radical (unpaired) electrons. The van der Waals surface area contributed by atoms with Gasteiger partial charge in [0.25, 0.3) is 5.91 Å². The summed E-state index contributed by atoms with van der Waals surface area (Å²) >= 11 is 0. The first-order chi connectivity index (χ1) is 10.1. The molecule has 2 heterocycles. The molecular formula is C15H19N3O3. The van der Waals surface area contributed by atoms with Crippen LogP contribution in [0.5, 0.6) is 0 Å². The summed E-state index contributed by atoms with van der Waals surface area (Å²) in [6, 6.07) is 0. The van der Waals surface area contributed by atoms with Crippen LogP contribution < -0.4 is 0 Å². The van der Waals surface area contributed by atoms with Gasteiger partial charge in [0.1, 0.15) is 0 Å². The van der Waals surface area contributed by atoms with E-state index in [1.165, 1.54) is 12.8 Å². The third-order valence-corrected chi connectivity index (χ3v) is 5.09. The Kier molecular flexibility index (Phi) is 2.80. The maximum absolute atomic E-state index is 12.5. The van der Waals surface area contributed by atoms with Crippen molar-refractivity contribution < 1.29 is 14.7 Å². The monoisotopic (exact) mass is 289 g/mol. The number of hydrogen-bond acceptors (Lipinski definition) is 3. The van der Waals surface area contributed by atoms with E-state index < -0.39 is 5.97 Å². The van der Waals surface area contributed by atoms with Crippen molar-refractivity contribution in [3.63, 3.8) is 0 Å². The third kappa shape index (κ3) is 2.32. The molecule has 6 nitrogen and oxygen atoms in total. The van der Waals surface area contributed by atoms with Crippen molar-refractivity contribution >= 4 is 11.9 Å². The van der Waals surface area contributed by atoms with Crippen molar-refractivity contribution in [3.05, 3.63) is 18.0 Å². The van der Waals surface area contributed by atoms with E-state index in [4.69, 9.17) is 5.11 Å². The van der Waals surface area contributed by atoms with Gasteiger partial charge >= 0.3 is 5.97 Å². The Bertz CT molecular complexity index is 593. The first kappa shape index (κ1) is 12.9. The van der Waals surface area contributed by atoms with Gasteiger partial charge in [0.2, 0.25) is 0 Å². The highest BCUT2D eigenvalue weighted by molar-refractivity contribution is 5.94. The van der Waals surface area contributed by atoms with Gasteiger partial charge in [-0.05, 0) is 37.0 Å². The predicted octanol–water partition coefficient (Wildman–Crippen LogP) is 1.09. The Hall–Kier alpha value is -1.85. The lowest BCUT2D eigenvalue weighted by molar-refractivity contribution is -0.139. The summed E-state index contributed by atoms with van der Waals surface area (Å²) < 4.78 is 1.86. The number of aromatic nitrogens is 2. The Labute approximate surface area is 122 Å². The van der Waals surface area contributed by atoms with E-state index in [1.54, 1.807) is 11.1 Å². The molecule has 1 aromatic rings. The average Bonchev–Trinajstić information content (AvgIpc) is 3.34. The number of amides is 1. The number of fused-ring (bicyclic) bond motifs is 1. The van der Waals surface area contributed by atoms with E-state index in [0.29, 0.717) is 18.7 Å². The summed E-state index contributed by atoms with van der Waals surface area (Å²) in [6.45, 7) is 2.14. The van der Waals surface area contributed by atoms with Gasteiger partial charge in [-0.15, -0.1) is 0 Å². The quantitative estimate of drug-likeness (QED) is 0.900. The van der Waals surface area contributed by atoms with Gasteiger partial charge in [0, 0.05) is 25.8 Å². The van der Waals surface area contributed by atoms with Crippen molar-refractivity contribution in [2.45, 2.75) is 25.8 Å². The van der Waals surface area contributed by atoms with Crippen molar-refractivity contribution in [1.82, 2.24) is 14.7 Å². The van der Waals surface area contributed by atoms with Crippen LogP contribution in [-0.2, 0) is 11.3 Å². The number of carboxylic acids is 1. The van der Waals surface area contributed by atoms with Crippen LogP contribution in [0.1, 0.15) is 29.6 Å². The second-order valence-corrected chi connectivity index (χ2v) is 6.63. The maximum atomic E-state index is 12.5. The smallest absolute Gasteiger partial charge is 0.307 e. The Morgan fingerprint density at radius 1 is 1.29 bits per heavy atom. The molecule has 112 valence electrons. The molecule has 0 aromatic carbocycles. The van der Waals surface area contributed by atoms with Gasteiger partial charge in [-0.3, -0.25) is 14.3 Å². The van der Waals surface area contributed by atoms with Crippen LogP contribution in [0.3, 0.4) is 0 Å². The fourth-order valence-corrected chi connectivity index (χ4v) is 3.61. The molecule has 2 aliphatic carbocycles. The van der Waals surface area contributed by atoms with Crippen molar-refractivity contribution in [2.75, 3.05) is 13.1 Å². The average molecular weight is 289 g/mol. The zero-order valence-corrected chi connectivity index (χ0v) is 11.8. The highest BCUT2D eigenvalue weighted by Crippen LogP contribution is 2.51. The van der Waals surface area contributed by atoms with Gasteiger partial charge in [-0.2, -0.15) is 5.10 Å². The standard InChI is InChI=1S/C15H19N3O3/c19-14(10-5-16-18(7-10)6-9-1-2-9)17-4-3-11-12(8-17)13(11)15(20)21/h5,7,9,11-13H,1-4,6,8H2,(H,20,21)/t11-,12+,13-/m1/s1. The molecule has 3 aliphatic rings. The molecule has 1 aromatic heterocycles. The number of carbonyl (C=O) groups excluding carboxylic acids is 1. The molecule has 0 bridgehead atoms. The zero-order chi connectivity index (χ0) is 14.6. The normalized spacial score (nSPS) is 30.9. The Balaban J connectivity index is 1.40. The second-order valence-electron chi connectivity index (χ2n) is 6.63. The number of rotatable bonds is 4. The number of carboxylic acid groups (broad SMARTS) is 1. The Morgan fingerprint density at radius 2 is 2.10 bits per heavy atom. The van der Waals surface area contributed by atoms with Crippen LogP contribution in [0, 0.1) is 23.7 Å². The minimum atomic E-state index is -0.712. The summed E-state index contributed by atoms with van der Waals surface area (Å²) in [7, 11) is 0. The molecular weight excluding hydrogens is 270 g/mol. The van der Waals surface area contributed by atoms with Crippen LogP contribution in [0.15, 0.2) is 12.4 Å². The first-order valence-corrected chi connectivity index (χ1v) is 7.68. The summed E-state index contributed by atoms with van der Waals surface area (Å²) in [4.78, 5) is 25.3. The van der Waals surface area contributed by atoms with Crippen molar-refractivity contribution in [2.24, 2.45) is 23.7 Å². The van der Waals surface area contributed by atoms with Crippen molar-refractivity contribution in [3.8, 4) is 0 Å². The molecule has 1 saturated heterocycles. The maximum Gasteiger partial charge on any atom is 0.307 e. The number of piperidine rings is 1. The first-order valence-electron chi connectivity index (χ1n) is 7.68. The van der Waals surface area contributed by atoms with Crippen LogP contribution in [0.25, 0.3) is 0 Å². The molecule has 2 saturated carbocycles. The molecule has 3 fully saturated rings. The fourth-order valence-electron chi connectivity index (χ4n) is 3.61. The molecule has 1 N–H and O–H groups in total. The molecule has 4 rings (SSSR count). The van der Waals surface area contributed by atoms with Gasteiger partial charge in [0.05, 0.1) is 17.7 Å². The van der Waals surface area contributed by atoms with E-state index in [9.17, 15) is 9.59 Å². The highest BCUT2D eigenvalue weighted by atomic mass is 16.4. The van der Waals surface area contributed by atoms with Crippen LogP contribution in [0.4, 0.5) is 0 Å². The highest BCUT2D eigenvalue weighted by Gasteiger charge is 2.57. The summed E-state index contributed by atoms with van der Waals surface area (Å²) in [6.07, 6.45) is 6.79. The number of carbonyl (C=O) groups is 2. The predicted molar refractivity (Wildman–Crippen MR) is 73.6 cm³/mol. The topological polar surface area (TPSA) is 75.4 Å². The van der Waals surface area contributed by atoms with Gasteiger partial charge in [-0.1, -0.05) is 0 Å². The largest absolute Gasteiger partial charge is 0.481 e. The number of nitrogens with zero attached hydrogens (tertiary/aromatic N) is 3. The van der Waals surface area contributed by atoms with Crippen LogP contribution in [0.2, 0.25) is 0 Å². The van der Waals surface area contributed by atoms with Gasteiger partial charge < -0.3 is 10.0 Å². The second kappa shape index (κ2) is 4.58. The third-order valence-electron chi connectivity index (χ3n) is 5.09. The zero-order valence-electron chi connectivity index (χ0n) is 11.8. The SMILES string of the molecule is O=C(O)[C@@H]1[C@@H]2CCN(C(=O)c3cnn(CC4CC4)c3)C[C@@H]21. The lowest BCUT2D eigenvalue weighted by Gasteiger charge is -2.25. The molecule has 0 unspecified atom stereocenters. The lowest BCUT2D eigenvalue weighted by Crippen LogP contribution is -2.36. The molecule has 21 heavy (non-hydrogen) atoms. The molecule has 1 amide bonds. The van der Waals surface area contributed by atoms with Crippen LogP contribution in [-0.4, -0.2) is 44.8 Å². The number of likely N-dealkylation sites (tertiary alicyclic amines) is 1. The summed E-state index contributed by atoms with van der Waals surface area (Å²) in [5.41, 5.74) is 0.627. The summed E-state index contributed by atoms with van der Waals surface area (Å²) in [5, 5.41) is 13.4. The van der Waals surface area contributed by atoms with Gasteiger partial charge in [0.15, 0.2) is 0 Å². The Morgan fingerprint density at radius 3 is 2.81 bits per heavy atom. The van der Waals surface area contributed by atoms with E-state index in [-0.39, 0.29) is 23.7 Å². The molecule has 6 heteroatoms. The summed E-state index contributed by atoms with van der Waals surface area (Å²) in [5.74, 6) is 0.209. The van der Waals surface area contributed by atoms with Crippen LogP contribution >= 0.6 is 0 Å². The van der Waals surface area contributed by atoms with E-state index in [0.717, 1.165) is 18.9 Å². The lowest BCUT2D eigenvalue weighted by atomic mass is 10.1. The molecule has 3 atom stereocenters. The minimum absolute atomic E-state index is 0.00784. The molecule has 0 spiro atoms. The fraction of sp³-hybridized carbons (Fsp3) is 0.667. The van der Waals surface area contributed by atoms with Gasteiger partial charge in [-0.25, -0.2) is 0 Å². The van der Waals surface area contributed by atoms with E-state index >= 15 is 0 Å².